The Hall–Kier alpha value is -1.25. The summed E-state index contributed by atoms with van der Waals surface area (Å²) in [6.07, 6.45) is 1.69. The van der Waals surface area contributed by atoms with Gasteiger partial charge in [-0.1, -0.05) is 13.8 Å². The third-order valence-electron chi connectivity index (χ3n) is 1.84. The van der Waals surface area contributed by atoms with Gasteiger partial charge in [-0.05, 0) is 24.5 Å². The van der Waals surface area contributed by atoms with Crippen LogP contribution in [-0.2, 0) is 0 Å². The lowest BCUT2D eigenvalue weighted by atomic mass is 10.2. The molecular formula is C10H17N3. The number of hydrogen-bond acceptors (Lipinski definition) is 3. The van der Waals surface area contributed by atoms with E-state index in [-0.39, 0.29) is 0 Å². The molecule has 3 heteroatoms. The molecule has 0 aromatic carbocycles. The molecule has 0 aliphatic heterocycles. The molecule has 0 saturated heterocycles. The molecule has 72 valence electrons. The second-order valence-corrected chi connectivity index (χ2v) is 3.70. The van der Waals surface area contributed by atoms with Gasteiger partial charge in [0.15, 0.2) is 0 Å². The van der Waals surface area contributed by atoms with E-state index in [2.05, 4.69) is 24.1 Å². The molecule has 0 unspecified atom stereocenters. The van der Waals surface area contributed by atoms with Gasteiger partial charge in [0.25, 0.3) is 0 Å². The number of nitrogens with two attached hydrogens (primary N) is 1. The summed E-state index contributed by atoms with van der Waals surface area (Å²) in [6.45, 7) is 7.25. The van der Waals surface area contributed by atoms with Gasteiger partial charge in [0.1, 0.15) is 5.82 Å². The summed E-state index contributed by atoms with van der Waals surface area (Å²) >= 11 is 0. The van der Waals surface area contributed by atoms with Crippen molar-refractivity contribution in [3.8, 4) is 0 Å². The van der Waals surface area contributed by atoms with Gasteiger partial charge in [0.2, 0.25) is 0 Å². The highest BCUT2D eigenvalue weighted by Crippen LogP contribution is 2.13. The summed E-state index contributed by atoms with van der Waals surface area (Å²) in [5.41, 5.74) is 7.47. The number of hydrogen-bond donors (Lipinski definition) is 2. The molecule has 1 aromatic rings. The Bertz CT molecular complexity index is 281. The third-order valence-corrected chi connectivity index (χ3v) is 1.84. The molecule has 0 bridgehead atoms. The fourth-order valence-corrected chi connectivity index (χ4v) is 0.972. The Labute approximate surface area is 79.4 Å². The number of nitrogen functional groups attached to an aromatic ring is 1. The number of aryl methyl sites for hydroxylation is 1. The predicted octanol–water partition coefficient (Wildman–Crippen LogP) is 2.04. The summed E-state index contributed by atoms with van der Waals surface area (Å²) in [5, 5.41) is 3.25. The van der Waals surface area contributed by atoms with E-state index >= 15 is 0 Å². The van der Waals surface area contributed by atoms with Gasteiger partial charge in [-0.25, -0.2) is 4.98 Å². The summed E-state index contributed by atoms with van der Waals surface area (Å²) < 4.78 is 0. The highest BCUT2D eigenvalue weighted by Gasteiger charge is 1.98. The zero-order chi connectivity index (χ0) is 9.84. The molecule has 1 heterocycles. The minimum absolute atomic E-state index is 0.625. The molecule has 3 nitrogen and oxygen atoms in total. The first-order chi connectivity index (χ1) is 6.09. The quantitative estimate of drug-likeness (QED) is 0.746. The Morgan fingerprint density at radius 1 is 1.54 bits per heavy atom. The van der Waals surface area contributed by atoms with Crippen LogP contribution < -0.4 is 11.1 Å². The molecule has 0 amide bonds. The average Bonchev–Trinajstić information content (AvgIpc) is 2.07. The molecule has 0 aliphatic carbocycles. The smallest absolute Gasteiger partial charge is 0.126 e. The molecule has 0 fully saturated rings. The standard InChI is InChI=1S/C10H17N3/c1-7(2)5-12-10-4-8(3)9(11)6-13-10/h4,6-7H,5,11H2,1-3H3,(H,12,13). The minimum Gasteiger partial charge on any atom is -0.397 e. The van der Waals surface area contributed by atoms with Gasteiger partial charge in [-0.3, -0.25) is 0 Å². The van der Waals surface area contributed by atoms with Gasteiger partial charge in [0.05, 0.1) is 11.9 Å². The summed E-state index contributed by atoms with van der Waals surface area (Å²) in [5.74, 6) is 1.53. The van der Waals surface area contributed by atoms with Crippen LogP contribution >= 0.6 is 0 Å². The van der Waals surface area contributed by atoms with E-state index in [9.17, 15) is 0 Å². The topological polar surface area (TPSA) is 50.9 Å². The van der Waals surface area contributed by atoms with Crippen molar-refractivity contribution < 1.29 is 0 Å². The first-order valence-corrected chi connectivity index (χ1v) is 4.55. The Balaban J connectivity index is 2.63. The average molecular weight is 179 g/mol. The molecule has 3 N–H and O–H groups in total. The van der Waals surface area contributed by atoms with Crippen molar-refractivity contribution >= 4 is 11.5 Å². The highest BCUT2D eigenvalue weighted by atomic mass is 15.0. The van der Waals surface area contributed by atoms with Crippen LogP contribution in [0.5, 0.6) is 0 Å². The van der Waals surface area contributed by atoms with Crippen LogP contribution in [0.25, 0.3) is 0 Å². The van der Waals surface area contributed by atoms with E-state index in [1.54, 1.807) is 6.20 Å². The van der Waals surface area contributed by atoms with Gasteiger partial charge in [0, 0.05) is 6.54 Å². The number of pyridine rings is 1. The van der Waals surface area contributed by atoms with Crippen molar-refractivity contribution in [2.24, 2.45) is 5.92 Å². The van der Waals surface area contributed by atoms with Crippen LogP contribution in [0.1, 0.15) is 19.4 Å². The number of nitrogens with one attached hydrogen (secondary N) is 1. The van der Waals surface area contributed by atoms with E-state index in [1.807, 2.05) is 13.0 Å². The van der Waals surface area contributed by atoms with Crippen LogP contribution in [0.4, 0.5) is 11.5 Å². The lowest BCUT2D eigenvalue weighted by Gasteiger charge is -2.09. The maximum atomic E-state index is 5.65. The molecule has 0 saturated carbocycles. The largest absolute Gasteiger partial charge is 0.397 e. The van der Waals surface area contributed by atoms with E-state index in [0.29, 0.717) is 5.92 Å². The number of nitrogens with zero attached hydrogens (tertiary/aromatic N) is 1. The van der Waals surface area contributed by atoms with Crippen LogP contribution in [-0.4, -0.2) is 11.5 Å². The van der Waals surface area contributed by atoms with Gasteiger partial charge in [-0.2, -0.15) is 0 Å². The van der Waals surface area contributed by atoms with E-state index in [1.165, 1.54) is 0 Å². The third kappa shape index (κ3) is 2.93. The zero-order valence-corrected chi connectivity index (χ0v) is 8.46. The molecule has 0 spiro atoms. The first kappa shape index (κ1) is 9.84. The lowest BCUT2D eigenvalue weighted by Crippen LogP contribution is -2.09. The number of rotatable bonds is 3. The maximum Gasteiger partial charge on any atom is 0.126 e. The minimum atomic E-state index is 0.625. The Kier molecular flexibility index (Phi) is 3.12. The van der Waals surface area contributed by atoms with Gasteiger partial charge in [-0.15, -0.1) is 0 Å². The molecule has 1 aromatic heterocycles. The van der Waals surface area contributed by atoms with Crippen LogP contribution in [0, 0.1) is 12.8 Å². The zero-order valence-electron chi connectivity index (χ0n) is 8.46. The van der Waals surface area contributed by atoms with E-state index in [4.69, 9.17) is 5.73 Å². The first-order valence-electron chi connectivity index (χ1n) is 4.55. The number of anilines is 2. The predicted molar refractivity (Wildman–Crippen MR) is 56.7 cm³/mol. The summed E-state index contributed by atoms with van der Waals surface area (Å²) in [7, 11) is 0. The lowest BCUT2D eigenvalue weighted by molar-refractivity contribution is 0.687. The van der Waals surface area contributed by atoms with Crippen molar-refractivity contribution in [1.82, 2.24) is 4.98 Å². The van der Waals surface area contributed by atoms with Crippen molar-refractivity contribution in [1.29, 1.82) is 0 Å². The van der Waals surface area contributed by atoms with Gasteiger partial charge < -0.3 is 11.1 Å². The fraction of sp³-hybridized carbons (Fsp3) is 0.500. The fourth-order valence-electron chi connectivity index (χ4n) is 0.972. The summed E-state index contributed by atoms with van der Waals surface area (Å²) in [6, 6.07) is 1.97. The normalized spacial score (nSPS) is 10.5. The van der Waals surface area contributed by atoms with Crippen LogP contribution in [0.15, 0.2) is 12.3 Å². The van der Waals surface area contributed by atoms with Crippen molar-refractivity contribution in [3.63, 3.8) is 0 Å². The maximum absolute atomic E-state index is 5.65. The van der Waals surface area contributed by atoms with E-state index in [0.717, 1.165) is 23.6 Å². The van der Waals surface area contributed by atoms with Crippen LogP contribution in [0.3, 0.4) is 0 Å². The van der Waals surface area contributed by atoms with Gasteiger partial charge >= 0.3 is 0 Å². The summed E-state index contributed by atoms with van der Waals surface area (Å²) in [4.78, 5) is 4.17. The van der Waals surface area contributed by atoms with Crippen molar-refractivity contribution in [2.45, 2.75) is 20.8 Å². The highest BCUT2D eigenvalue weighted by molar-refractivity contribution is 5.50. The van der Waals surface area contributed by atoms with E-state index < -0.39 is 0 Å². The van der Waals surface area contributed by atoms with Crippen LogP contribution in [0.2, 0.25) is 0 Å². The molecule has 1 rings (SSSR count). The second-order valence-electron chi connectivity index (χ2n) is 3.70. The molecular weight excluding hydrogens is 162 g/mol. The SMILES string of the molecule is Cc1cc(NCC(C)C)ncc1N. The Morgan fingerprint density at radius 2 is 2.23 bits per heavy atom. The number of aromatic nitrogens is 1. The second kappa shape index (κ2) is 4.12. The van der Waals surface area contributed by atoms with Crippen molar-refractivity contribution in [3.05, 3.63) is 17.8 Å². The van der Waals surface area contributed by atoms with Crippen molar-refractivity contribution in [2.75, 3.05) is 17.6 Å². The molecule has 0 radical (unpaired) electrons. The molecule has 0 atom stereocenters. The monoisotopic (exact) mass is 179 g/mol. The Morgan fingerprint density at radius 3 is 2.77 bits per heavy atom. The molecule has 0 aliphatic rings. The molecule has 13 heavy (non-hydrogen) atoms.